The van der Waals surface area contributed by atoms with Gasteiger partial charge in [0.15, 0.2) is 0 Å². The Balaban J connectivity index is 1.70. The van der Waals surface area contributed by atoms with Crippen molar-refractivity contribution in [2.75, 3.05) is 7.11 Å². The van der Waals surface area contributed by atoms with E-state index in [1.165, 1.54) is 12.1 Å². The van der Waals surface area contributed by atoms with Gasteiger partial charge in [-0.15, -0.1) is 0 Å². The van der Waals surface area contributed by atoms with Crippen LogP contribution in [0.2, 0.25) is 0 Å². The number of rotatable bonds is 2. The number of nitrogens with two attached hydrogens (primary N) is 1. The lowest BCUT2D eigenvalue weighted by atomic mass is 9.44. The molecule has 4 radical (unpaired) electrons. The number of aliphatic imine (C=N–C) groups is 1. The third-order valence-corrected chi connectivity index (χ3v) is 7.83. The predicted molar refractivity (Wildman–Crippen MR) is 125 cm³/mol. The Hall–Kier alpha value is -2.78. The van der Waals surface area contributed by atoms with Gasteiger partial charge >= 0.3 is 0 Å². The molecule has 0 unspecified atom stereocenters. The minimum atomic E-state index is -1.64. The largest absolute Gasteiger partial charge is 0.476 e. The summed E-state index contributed by atoms with van der Waals surface area (Å²) in [5.41, 5.74) is 8.09. The van der Waals surface area contributed by atoms with Crippen molar-refractivity contribution >= 4 is 21.7 Å². The van der Waals surface area contributed by atoms with E-state index in [1.54, 1.807) is 13.2 Å². The lowest BCUT2D eigenvalue weighted by Crippen LogP contribution is -2.60. The van der Waals surface area contributed by atoms with Gasteiger partial charge in [-0.1, -0.05) is 19.1 Å². The Morgan fingerprint density at radius 1 is 1.24 bits per heavy atom. The fourth-order valence-corrected chi connectivity index (χ4v) is 6.56. The molecule has 8 heteroatoms. The number of nitriles is 1. The molecule has 2 N–H and O–H groups in total. The van der Waals surface area contributed by atoms with Crippen molar-refractivity contribution in [3.63, 3.8) is 0 Å². The SMILES string of the molecule is [B]C1([B])OC(N)=N[C@]12c1cc(-c3cc(F)cc(C#N)c3)ccc1C[C@@]21CC[C@H](OC)[C@@H](C)C1. The molecule has 2 spiro atoms. The van der Waals surface area contributed by atoms with E-state index in [1.807, 2.05) is 24.3 Å². The van der Waals surface area contributed by atoms with Crippen molar-refractivity contribution in [2.24, 2.45) is 22.1 Å². The van der Waals surface area contributed by atoms with Crippen LogP contribution >= 0.6 is 0 Å². The van der Waals surface area contributed by atoms with Crippen LogP contribution in [-0.2, 0) is 21.4 Å². The molecule has 2 aromatic rings. The van der Waals surface area contributed by atoms with Crippen LogP contribution in [-0.4, -0.2) is 40.3 Å². The Morgan fingerprint density at radius 3 is 2.67 bits per heavy atom. The maximum absolute atomic E-state index is 14.2. The first-order chi connectivity index (χ1) is 15.6. The van der Waals surface area contributed by atoms with E-state index < -0.39 is 22.2 Å². The van der Waals surface area contributed by atoms with Gasteiger partial charge in [0.25, 0.3) is 6.02 Å². The number of benzene rings is 2. The van der Waals surface area contributed by atoms with Crippen LogP contribution in [0.15, 0.2) is 41.4 Å². The third-order valence-electron chi connectivity index (χ3n) is 7.83. The molecule has 2 aromatic carbocycles. The molecule has 5 rings (SSSR count). The number of ether oxygens (including phenoxy) is 2. The van der Waals surface area contributed by atoms with Gasteiger partial charge in [-0.2, -0.15) is 5.26 Å². The van der Waals surface area contributed by atoms with Crippen molar-refractivity contribution in [2.45, 2.75) is 49.6 Å². The van der Waals surface area contributed by atoms with E-state index in [0.29, 0.717) is 5.56 Å². The summed E-state index contributed by atoms with van der Waals surface area (Å²) >= 11 is 0. The van der Waals surface area contributed by atoms with Gasteiger partial charge in [0.1, 0.15) is 27.0 Å². The normalized spacial score (nSPS) is 31.8. The molecule has 4 atom stereocenters. The van der Waals surface area contributed by atoms with E-state index in [-0.39, 0.29) is 23.6 Å². The van der Waals surface area contributed by atoms with Crippen LogP contribution < -0.4 is 5.73 Å². The van der Waals surface area contributed by atoms with Crippen molar-refractivity contribution in [3.05, 3.63) is 58.9 Å². The Kier molecular flexibility index (Phi) is 4.92. The number of nitrogens with zero attached hydrogens (tertiary/aromatic N) is 2. The first kappa shape index (κ1) is 22.0. The minimum Gasteiger partial charge on any atom is -0.476 e. The quantitative estimate of drug-likeness (QED) is 0.729. The van der Waals surface area contributed by atoms with Crippen LogP contribution in [0, 0.1) is 28.5 Å². The van der Waals surface area contributed by atoms with Gasteiger partial charge in [0.05, 0.1) is 23.1 Å². The summed E-state index contributed by atoms with van der Waals surface area (Å²) in [5.74, 6) is -0.204. The first-order valence-corrected chi connectivity index (χ1v) is 11.1. The molecule has 1 saturated carbocycles. The van der Waals surface area contributed by atoms with E-state index in [0.717, 1.165) is 42.4 Å². The van der Waals surface area contributed by atoms with Gasteiger partial charge in [-0.3, -0.25) is 0 Å². The summed E-state index contributed by atoms with van der Waals surface area (Å²) in [6, 6.07) is 12.2. The Bertz CT molecular complexity index is 1210. The number of hydrogen-bond donors (Lipinski definition) is 1. The molecule has 164 valence electrons. The Morgan fingerprint density at radius 2 is 2.03 bits per heavy atom. The highest BCUT2D eigenvalue weighted by Crippen LogP contribution is 2.65. The van der Waals surface area contributed by atoms with Crippen LogP contribution in [0.25, 0.3) is 11.1 Å². The first-order valence-electron chi connectivity index (χ1n) is 11.1. The number of methoxy groups -OCH3 is 1. The summed E-state index contributed by atoms with van der Waals surface area (Å²) < 4.78 is 25.6. The van der Waals surface area contributed by atoms with Crippen molar-refractivity contribution in [1.82, 2.24) is 0 Å². The average molecular weight is 439 g/mol. The molecule has 1 aliphatic heterocycles. The second-order valence-electron chi connectivity index (χ2n) is 9.72. The van der Waals surface area contributed by atoms with Gasteiger partial charge in [0, 0.05) is 12.5 Å². The molecular weight excluding hydrogens is 415 g/mol. The van der Waals surface area contributed by atoms with Crippen molar-refractivity contribution < 1.29 is 13.9 Å². The highest BCUT2D eigenvalue weighted by Gasteiger charge is 2.68. The number of halogens is 1. The smallest absolute Gasteiger partial charge is 0.281 e. The third kappa shape index (κ3) is 3.05. The fourth-order valence-electron chi connectivity index (χ4n) is 6.56. The number of hydrogen-bond acceptors (Lipinski definition) is 5. The zero-order valence-electron chi connectivity index (χ0n) is 18.8. The molecular formula is C25H24B2FN3O2. The standard InChI is InChI=1S/C25H24B2FN3O2/c1-14-11-23(6-5-21(14)32-2)12-17-4-3-16(18-7-15(13-29)8-19(28)9-18)10-20(17)24(23)25(26,27)33-22(30)31-24/h3-4,7-10,14,21H,5-6,11-12H2,1-2H3,(H2,30,31)/t14-,21-,23-,24-/m0/s1. The number of fused-ring (bicyclic) bond motifs is 3. The summed E-state index contributed by atoms with van der Waals surface area (Å²) in [6.45, 7) is 2.17. The lowest BCUT2D eigenvalue weighted by molar-refractivity contribution is -0.0559. The molecule has 5 nitrogen and oxygen atoms in total. The molecule has 3 aliphatic rings. The van der Waals surface area contributed by atoms with Crippen LogP contribution in [0.3, 0.4) is 0 Å². The monoisotopic (exact) mass is 439 g/mol. The Labute approximate surface area is 196 Å². The maximum atomic E-state index is 14.2. The van der Waals surface area contributed by atoms with Gasteiger partial charge in [0.2, 0.25) is 0 Å². The number of amidine groups is 1. The van der Waals surface area contributed by atoms with Crippen molar-refractivity contribution in [1.29, 1.82) is 5.26 Å². The molecule has 0 aromatic heterocycles. The highest BCUT2D eigenvalue weighted by atomic mass is 19.1. The predicted octanol–water partition coefficient (Wildman–Crippen LogP) is 3.27. The van der Waals surface area contributed by atoms with Crippen molar-refractivity contribution in [3.8, 4) is 17.2 Å². The van der Waals surface area contributed by atoms with Crippen LogP contribution in [0.4, 0.5) is 4.39 Å². The van der Waals surface area contributed by atoms with Gasteiger partial charge < -0.3 is 15.2 Å². The van der Waals surface area contributed by atoms with E-state index >= 15 is 0 Å². The minimum absolute atomic E-state index is 0.0309. The van der Waals surface area contributed by atoms with Crippen LogP contribution in [0.1, 0.15) is 42.9 Å². The second kappa shape index (κ2) is 7.36. The van der Waals surface area contributed by atoms with Gasteiger partial charge in [-0.25, -0.2) is 9.38 Å². The molecule has 0 bridgehead atoms. The molecule has 1 heterocycles. The molecule has 0 saturated heterocycles. The zero-order valence-corrected chi connectivity index (χ0v) is 18.8. The molecule has 0 amide bonds. The van der Waals surface area contributed by atoms with Gasteiger partial charge in [-0.05, 0) is 78.1 Å². The second-order valence-corrected chi connectivity index (χ2v) is 9.72. The highest BCUT2D eigenvalue weighted by molar-refractivity contribution is 6.41. The molecule has 1 fully saturated rings. The summed E-state index contributed by atoms with van der Waals surface area (Å²) in [7, 11) is 15.0. The topological polar surface area (TPSA) is 80.6 Å². The summed E-state index contributed by atoms with van der Waals surface area (Å²) in [4.78, 5) is 4.82. The summed E-state index contributed by atoms with van der Waals surface area (Å²) in [5, 5.41) is 7.64. The van der Waals surface area contributed by atoms with Crippen LogP contribution in [0.5, 0.6) is 0 Å². The molecule has 33 heavy (non-hydrogen) atoms. The van der Waals surface area contributed by atoms with E-state index in [2.05, 4.69) is 6.92 Å². The van der Waals surface area contributed by atoms with E-state index in [4.69, 9.17) is 35.9 Å². The fraction of sp³-hybridized carbons (Fsp3) is 0.440. The summed E-state index contributed by atoms with van der Waals surface area (Å²) in [6.07, 6.45) is 3.32. The molecule has 2 aliphatic carbocycles. The lowest BCUT2D eigenvalue weighted by Gasteiger charge is -2.53. The maximum Gasteiger partial charge on any atom is 0.281 e. The average Bonchev–Trinajstić information content (AvgIpc) is 3.17. The van der Waals surface area contributed by atoms with E-state index in [9.17, 15) is 9.65 Å². The zero-order chi connectivity index (χ0) is 23.6.